The summed E-state index contributed by atoms with van der Waals surface area (Å²) in [7, 11) is 0. The van der Waals surface area contributed by atoms with Gasteiger partial charge in [0.05, 0.1) is 5.69 Å². The second kappa shape index (κ2) is 5.52. The van der Waals surface area contributed by atoms with Gasteiger partial charge in [-0.25, -0.2) is 14.5 Å². The van der Waals surface area contributed by atoms with Gasteiger partial charge in [0.25, 0.3) is 0 Å². The predicted octanol–water partition coefficient (Wildman–Crippen LogP) is 3.28. The Balaban J connectivity index is 1.89. The van der Waals surface area contributed by atoms with Crippen LogP contribution in [0.3, 0.4) is 0 Å². The van der Waals surface area contributed by atoms with Crippen molar-refractivity contribution in [2.45, 2.75) is 20.8 Å². The van der Waals surface area contributed by atoms with Crippen LogP contribution in [0.1, 0.15) is 17.0 Å². The average molecular weight is 295 g/mol. The van der Waals surface area contributed by atoms with E-state index in [1.54, 1.807) is 6.92 Å². The molecule has 0 radical (unpaired) electrons. The van der Waals surface area contributed by atoms with Crippen molar-refractivity contribution in [3.05, 3.63) is 69.9 Å². The molecule has 5 heteroatoms. The quantitative estimate of drug-likeness (QED) is 0.806. The van der Waals surface area contributed by atoms with E-state index in [1.807, 2.05) is 50.2 Å². The maximum atomic E-state index is 11.7. The lowest BCUT2D eigenvalue weighted by atomic mass is 10.1. The van der Waals surface area contributed by atoms with E-state index in [9.17, 15) is 4.79 Å². The lowest BCUT2D eigenvalue weighted by molar-refractivity contribution is 0.478. The van der Waals surface area contributed by atoms with Crippen molar-refractivity contribution in [1.29, 1.82) is 0 Å². The molecule has 0 amide bonds. The molecule has 22 heavy (non-hydrogen) atoms. The molecule has 0 aliphatic rings. The molecule has 0 saturated heterocycles. The number of hydrogen-bond acceptors (Lipinski definition) is 3. The van der Waals surface area contributed by atoms with Gasteiger partial charge in [-0.1, -0.05) is 12.1 Å². The molecular formula is C17H17N3O2. The van der Waals surface area contributed by atoms with E-state index in [1.165, 1.54) is 4.57 Å². The largest absolute Gasteiger partial charge is 0.457 e. The first-order valence-electron chi connectivity index (χ1n) is 7.04. The highest BCUT2D eigenvalue weighted by molar-refractivity contribution is 5.42. The third-order valence-corrected chi connectivity index (χ3v) is 3.51. The maximum absolute atomic E-state index is 11.7. The minimum absolute atomic E-state index is 0.249. The number of rotatable bonds is 3. The van der Waals surface area contributed by atoms with E-state index in [0.29, 0.717) is 5.82 Å². The highest BCUT2D eigenvalue weighted by Crippen LogP contribution is 2.26. The fraction of sp³-hybridized carbons (Fsp3) is 0.176. The first-order valence-corrected chi connectivity index (χ1v) is 7.04. The molecule has 3 aromatic rings. The van der Waals surface area contributed by atoms with Gasteiger partial charge >= 0.3 is 5.69 Å². The van der Waals surface area contributed by atoms with Crippen molar-refractivity contribution in [3.63, 3.8) is 0 Å². The minimum atomic E-state index is -0.249. The van der Waals surface area contributed by atoms with Crippen molar-refractivity contribution in [2.24, 2.45) is 0 Å². The molecule has 1 heterocycles. The van der Waals surface area contributed by atoms with Gasteiger partial charge < -0.3 is 4.74 Å². The van der Waals surface area contributed by atoms with E-state index in [4.69, 9.17) is 4.74 Å². The van der Waals surface area contributed by atoms with Crippen LogP contribution in [0, 0.1) is 20.8 Å². The molecular weight excluding hydrogens is 278 g/mol. The van der Waals surface area contributed by atoms with Crippen LogP contribution < -0.4 is 10.4 Å². The van der Waals surface area contributed by atoms with E-state index in [2.05, 4.69) is 16.3 Å². The third kappa shape index (κ3) is 2.65. The predicted molar refractivity (Wildman–Crippen MR) is 84.9 cm³/mol. The molecule has 2 aromatic carbocycles. The van der Waals surface area contributed by atoms with Crippen molar-refractivity contribution in [2.75, 3.05) is 0 Å². The molecule has 0 aliphatic carbocycles. The fourth-order valence-electron chi connectivity index (χ4n) is 2.29. The Hall–Kier alpha value is -2.82. The normalized spacial score (nSPS) is 10.7. The molecule has 0 fully saturated rings. The number of nitrogens with one attached hydrogen (secondary N) is 1. The summed E-state index contributed by atoms with van der Waals surface area (Å²) in [6.45, 7) is 5.82. The fourth-order valence-corrected chi connectivity index (χ4v) is 2.29. The number of hydrogen-bond donors (Lipinski definition) is 1. The number of aryl methyl sites for hydroxylation is 3. The van der Waals surface area contributed by atoms with Gasteiger partial charge in [-0.2, -0.15) is 5.10 Å². The molecule has 0 bridgehead atoms. The van der Waals surface area contributed by atoms with E-state index in [0.717, 1.165) is 28.3 Å². The second-order valence-corrected chi connectivity index (χ2v) is 5.28. The Morgan fingerprint density at radius 3 is 2.41 bits per heavy atom. The molecule has 0 spiro atoms. The second-order valence-electron chi connectivity index (χ2n) is 5.28. The van der Waals surface area contributed by atoms with E-state index >= 15 is 0 Å². The maximum Gasteiger partial charge on any atom is 0.347 e. The average Bonchev–Trinajstić information content (AvgIpc) is 2.83. The zero-order valence-electron chi connectivity index (χ0n) is 12.8. The molecule has 3 rings (SSSR count). The van der Waals surface area contributed by atoms with Crippen LogP contribution in [0.25, 0.3) is 5.69 Å². The van der Waals surface area contributed by atoms with Crippen LogP contribution in [0.4, 0.5) is 0 Å². The zero-order valence-corrected chi connectivity index (χ0v) is 12.8. The standard InChI is InChI=1S/C17H17N3O2/c1-11-4-5-12(2)16(10-11)22-15-8-6-14(7-9-15)20-13(3)18-19-17(20)21/h4-10H,1-3H3,(H,19,21). The Bertz CT molecular complexity index is 860. The van der Waals surface area contributed by atoms with Crippen molar-refractivity contribution < 1.29 is 4.74 Å². The lowest BCUT2D eigenvalue weighted by Crippen LogP contribution is -2.15. The monoisotopic (exact) mass is 295 g/mol. The summed E-state index contributed by atoms with van der Waals surface area (Å²) < 4.78 is 7.43. The highest BCUT2D eigenvalue weighted by Gasteiger charge is 2.07. The zero-order chi connectivity index (χ0) is 15.7. The van der Waals surface area contributed by atoms with Crippen molar-refractivity contribution >= 4 is 0 Å². The smallest absolute Gasteiger partial charge is 0.347 e. The Morgan fingerprint density at radius 2 is 1.77 bits per heavy atom. The summed E-state index contributed by atoms with van der Waals surface area (Å²) in [4.78, 5) is 11.7. The number of benzene rings is 2. The molecule has 1 N–H and O–H groups in total. The molecule has 1 aromatic heterocycles. The van der Waals surface area contributed by atoms with Gasteiger partial charge in [0.1, 0.15) is 17.3 Å². The van der Waals surface area contributed by atoms with Crippen LogP contribution in [0.2, 0.25) is 0 Å². The van der Waals surface area contributed by atoms with Crippen LogP contribution in [-0.2, 0) is 0 Å². The van der Waals surface area contributed by atoms with E-state index in [-0.39, 0.29) is 5.69 Å². The number of aromatic nitrogens is 3. The Kier molecular flexibility index (Phi) is 3.55. The topological polar surface area (TPSA) is 59.9 Å². The number of nitrogens with zero attached hydrogens (tertiary/aromatic N) is 2. The molecule has 0 saturated carbocycles. The van der Waals surface area contributed by atoms with Crippen LogP contribution in [0.15, 0.2) is 47.3 Å². The van der Waals surface area contributed by atoms with Crippen LogP contribution in [0.5, 0.6) is 11.5 Å². The van der Waals surface area contributed by atoms with Gasteiger partial charge in [-0.15, -0.1) is 0 Å². The van der Waals surface area contributed by atoms with Gasteiger partial charge in [0.2, 0.25) is 0 Å². The van der Waals surface area contributed by atoms with Gasteiger partial charge in [0.15, 0.2) is 0 Å². The van der Waals surface area contributed by atoms with Crippen LogP contribution >= 0.6 is 0 Å². The number of ether oxygens (including phenoxy) is 1. The summed E-state index contributed by atoms with van der Waals surface area (Å²) in [5.74, 6) is 2.18. The Labute approximate surface area is 128 Å². The van der Waals surface area contributed by atoms with E-state index < -0.39 is 0 Å². The first kappa shape index (κ1) is 14.1. The highest BCUT2D eigenvalue weighted by atomic mass is 16.5. The minimum Gasteiger partial charge on any atom is -0.457 e. The van der Waals surface area contributed by atoms with Crippen molar-refractivity contribution in [3.8, 4) is 17.2 Å². The summed E-state index contributed by atoms with van der Waals surface area (Å²) >= 11 is 0. The van der Waals surface area contributed by atoms with Gasteiger partial charge in [0, 0.05) is 0 Å². The van der Waals surface area contributed by atoms with Gasteiger partial charge in [-0.3, -0.25) is 0 Å². The summed E-state index contributed by atoms with van der Waals surface area (Å²) in [5.41, 5.74) is 2.74. The summed E-state index contributed by atoms with van der Waals surface area (Å²) in [6, 6.07) is 13.5. The Morgan fingerprint density at radius 1 is 1.05 bits per heavy atom. The summed E-state index contributed by atoms with van der Waals surface area (Å²) in [6.07, 6.45) is 0. The van der Waals surface area contributed by atoms with Crippen molar-refractivity contribution in [1.82, 2.24) is 14.8 Å². The van der Waals surface area contributed by atoms with Crippen LogP contribution in [-0.4, -0.2) is 14.8 Å². The first-order chi connectivity index (χ1) is 10.5. The third-order valence-electron chi connectivity index (χ3n) is 3.51. The molecule has 0 atom stereocenters. The molecule has 0 unspecified atom stereocenters. The molecule has 5 nitrogen and oxygen atoms in total. The molecule has 112 valence electrons. The summed E-state index contributed by atoms with van der Waals surface area (Å²) in [5, 5.41) is 6.33. The SMILES string of the molecule is Cc1ccc(C)c(Oc2ccc(-n3c(C)n[nH]c3=O)cc2)c1. The van der Waals surface area contributed by atoms with Gasteiger partial charge in [-0.05, 0) is 62.2 Å². The number of aromatic amines is 1. The molecule has 0 aliphatic heterocycles. The lowest BCUT2D eigenvalue weighted by Gasteiger charge is -2.10. The number of H-pyrrole nitrogens is 1.